The average Bonchev–Trinajstić information content (AvgIpc) is 3.26. The first kappa shape index (κ1) is 21.5. The summed E-state index contributed by atoms with van der Waals surface area (Å²) in [7, 11) is 1.74. The van der Waals surface area contributed by atoms with Gasteiger partial charge in [0, 0.05) is 31.6 Å². The Labute approximate surface area is 193 Å². The Morgan fingerprint density at radius 2 is 2.00 bits per heavy atom. The van der Waals surface area contributed by atoms with Crippen molar-refractivity contribution in [3.63, 3.8) is 0 Å². The molecule has 1 saturated heterocycles. The van der Waals surface area contributed by atoms with E-state index in [4.69, 9.17) is 50.8 Å². The summed E-state index contributed by atoms with van der Waals surface area (Å²) in [5, 5.41) is 11.9. The number of nitrogens with zero attached hydrogens (tertiary/aromatic N) is 2. The molecule has 6 nitrogen and oxygen atoms in total. The van der Waals surface area contributed by atoms with Crippen LogP contribution in [-0.2, 0) is 7.05 Å². The number of benzene rings is 1. The second kappa shape index (κ2) is 8.81. The topological polar surface area (TPSA) is 72.1 Å². The van der Waals surface area contributed by atoms with Crippen LogP contribution in [0.25, 0.3) is 11.3 Å². The monoisotopic (exact) mass is 486 g/mol. The zero-order valence-electron chi connectivity index (χ0n) is 15.9. The van der Waals surface area contributed by atoms with Gasteiger partial charge in [-0.25, -0.2) is 0 Å². The second-order valence-electron chi connectivity index (χ2n) is 7.12. The third-order valence-corrected chi connectivity index (χ3v) is 6.53. The van der Waals surface area contributed by atoms with E-state index < -0.39 is 0 Å². The second-order valence-corrected chi connectivity index (χ2v) is 8.68. The maximum Gasteiger partial charge on any atom is 0.287 e. The van der Waals surface area contributed by atoms with E-state index >= 15 is 0 Å². The lowest BCUT2D eigenvalue weighted by molar-refractivity contribution is 0.0896. The van der Waals surface area contributed by atoms with Crippen molar-refractivity contribution in [2.45, 2.75) is 18.4 Å². The first-order valence-electron chi connectivity index (χ1n) is 9.29. The number of amides is 1. The normalized spacial score (nSPS) is 19.1. The van der Waals surface area contributed by atoms with Gasteiger partial charge in [-0.05, 0) is 42.3 Å². The summed E-state index contributed by atoms with van der Waals surface area (Å²) in [6.45, 7) is 1.46. The van der Waals surface area contributed by atoms with E-state index in [1.54, 1.807) is 23.9 Å². The van der Waals surface area contributed by atoms with Gasteiger partial charge in [0.15, 0.2) is 5.76 Å². The quantitative estimate of drug-likeness (QED) is 0.532. The summed E-state index contributed by atoms with van der Waals surface area (Å²) in [6, 6.07) is 6.98. The van der Waals surface area contributed by atoms with Crippen LogP contribution >= 0.6 is 46.4 Å². The number of furan rings is 1. The molecular weight excluding hydrogens is 470 g/mol. The Balaban J connectivity index is 1.56. The molecule has 0 unspecified atom stereocenters. The number of aromatic nitrogens is 2. The smallest absolute Gasteiger partial charge is 0.287 e. The summed E-state index contributed by atoms with van der Waals surface area (Å²) >= 11 is 24.7. The van der Waals surface area contributed by atoms with E-state index in [-0.39, 0.29) is 28.8 Å². The zero-order valence-corrected chi connectivity index (χ0v) is 18.9. The van der Waals surface area contributed by atoms with Gasteiger partial charge in [0.2, 0.25) is 5.22 Å². The Bertz CT molecular complexity index is 1080. The van der Waals surface area contributed by atoms with Crippen LogP contribution in [0.5, 0.6) is 0 Å². The molecule has 30 heavy (non-hydrogen) atoms. The van der Waals surface area contributed by atoms with Crippen molar-refractivity contribution in [3.05, 3.63) is 62.1 Å². The number of hydrogen-bond acceptors (Lipinski definition) is 4. The lowest BCUT2D eigenvalue weighted by Crippen LogP contribution is -2.50. The SMILES string of the molecule is Cn1ncc(Cl)c1-c1cc(C(=O)N[C@H]2CNCC[C@@H]2c2ccc(Cl)c(Cl)c2)oc1Cl. The van der Waals surface area contributed by atoms with Gasteiger partial charge in [-0.1, -0.05) is 40.9 Å². The number of carbonyl (C=O) groups is 1. The molecule has 2 N–H and O–H groups in total. The van der Waals surface area contributed by atoms with Crippen molar-refractivity contribution < 1.29 is 9.21 Å². The van der Waals surface area contributed by atoms with E-state index in [1.807, 2.05) is 12.1 Å². The van der Waals surface area contributed by atoms with E-state index in [0.717, 1.165) is 18.5 Å². The van der Waals surface area contributed by atoms with Gasteiger partial charge in [0.25, 0.3) is 5.91 Å². The molecule has 0 spiro atoms. The molecule has 1 fully saturated rings. The summed E-state index contributed by atoms with van der Waals surface area (Å²) in [4.78, 5) is 12.9. The molecule has 2 atom stereocenters. The first-order chi connectivity index (χ1) is 14.3. The van der Waals surface area contributed by atoms with Crippen molar-refractivity contribution >= 4 is 52.3 Å². The summed E-state index contributed by atoms with van der Waals surface area (Å²) < 4.78 is 7.10. The van der Waals surface area contributed by atoms with E-state index in [2.05, 4.69) is 15.7 Å². The number of carbonyl (C=O) groups excluding carboxylic acids is 1. The summed E-state index contributed by atoms with van der Waals surface area (Å²) in [5.74, 6) is -0.174. The molecule has 0 bridgehead atoms. The predicted molar refractivity (Wildman–Crippen MR) is 119 cm³/mol. The van der Waals surface area contributed by atoms with Gasteiger partial charge < -0.3 is 15.1 Å². The van der Waals surface area contributed by atoms with Gasteiger partial charge in [0.05, 0.1) is 32.5 Å². The Morgan fingerprint density at radius 3 is 2.70 bits per heavy atom. The van der Waals surface area contributed by atoms with Crippen molar-refractivity contribution in [3.8, 4) is 11.3 Å². The standard InChI is InChI=1S/C20H18Cl4N4O2/c1-28-18(15(23)8-26-28)12-7-17(30-19(12)24)20(29)27-16-9-25-5-4-11(16)10-2-3-13(21)14(22)6-10/h2-3,6-8,11,16,25H,4-5,9H2,1H3,(H,27,29)/t11-,16+/m1/s1. The van der Waals surface area contributed by atoms with Crippen molar-refractivity contribution in [2.75, 3.05) is 13.1 Å². The fraction of sp³-hybridized carbons (Fsp3) is 0.300. The van der Waals surface area contributed by atoms with Crippen molar-refractivity contribution in [2.24, 2.45) is 7.05 Å². The molecule has 0 aliphatic carbocycles. The van der Waals surface area contributed by atoms with Crippen LogP contribution in [0.1, 0.15) is 28.5 Å². The number of piperidine rings is 1. The molecule has 1 aliphatic heterocycles. The maximum atomic E-state index is 12.9. The largest absolute Gasteiger partial charge is 0.439 e. The van der Waals surface area contributed by atoms with Crippen LogP contribution in [0.2, 0.25) is 20.3 Å². The minimum absolute atomic E-state index is 0.0773. The lowest BCUT2D eigenvalue weighted by atomic mass is 9.86. The van der Waals surface area contributed by atoms with Crippen LogP contribution in [0.3, 0.4) is 0 Å². The molecule has 1 amide bonds. The molecule has 3 aromatic rings. The maximum absolute atomic E-state index is 12.9. The molecule has 2 aromatic heterocycles. The average molecular weight is 488 g/mol. The molecule has 3 heterocycles. The molecule has 158 valence electrons. The predicted octanol–water partition coefficient (Wildman–Crippen LogP) is 5.17. The molecule has 0 radical (unpaired) electrons. The zero-order chi connectivity index (χ0) is 21.4. The minimum Gasteiger partial charge on any atom is -0.439 e. The van der Waals surface area contributed by atoms with Gasteiger partial charge in [0.1, 0.15) is 0 Å². The molecule has 0 saturated carbocycles. The molecule has 4 rings (SSSR count). The number of hydrogen-bond donors (Lipinski definition) is 2. The number of aryl methyl sites for hydroxylation is 1. The third-order valence-electron chi connectivity index (χ3n) is 5.23. The molecule has 10 heteroatoms. The number of rotatable bonds is 4. The highest BCUT2D eigenvalue weighted by molar-refractivity contribution is 6.42. The summed E-state index contributed by atoms with van der Waals surface area (Å²) in [5.41, 5.74) is 2.11. The summed E-state index contributed by atoms with van der Waals surface area (Å²) in [6.07, 6.45) is 2.35. The van der Waals surface area contributed by atoms with Crippen LogP contribution in [-0.4, -0.2) is 34.8 Å². The Hall–Kier alpha value is -1.70. The van der Waals surface area contributed by atoms with Gasteiger partial charge in [-0.2, -0.15) is 5.10 Å². The first-order valence-corrected chi connectivity index (χ1v) is 10.8. The minimum atomic E-state index is -0.361. The third kappa shape index (κ3) is 4.20. The molecule has 1 aliphatic rings. The van der Waals surface area contributed by atoms with Crippen LogP contribution in [0.15, 0.2) is 34.9 Å². The van der Waals surface area contributed by atoms with E-state index in [1.165, 1.54) is 6.20 Å². The highest BCUT2D eigenvalue weighted by atomic mass is 35.5. The number of nitrogens with one attached hydrogen (secondary N) is 2. The van der Waals surface area contributed by atoms with Gasteiger partial charge in [-0.3, -0.25) is 9.48 Å². The number of halogens is 4. The fourth-order valence-corrected chi connectivity index (χ4v) is 4.55. The highest BCUT2D eigenvalue weighted by Crippen LogP contribution is 2.36. The molecule has 1 aromatic carbocycles. The van der Waals surface area contributed by atoms with Crippen molar-refractivity contribution in [1.29, 1.82) is 0 Å². The lowest BCUT2D eigenvalue weighted by Gasteiger charge is -2.33. The van der Waals surface area contributed by atoms with Crippen LogP contribution in [0, 0.1) is 0 Å². The highest BCUT2D eigenvalue weighted by Gasteiger charge is 2.30. The van der Waals surface area contributed by atoms with E-state index in [9.17, 15) is 4.79 Å². The van der Waals surface area contributed by atoms with Gasteiger partial charge in [-0.15, -0.1) is 0 Å². The fourth-order valence-electron chi connectivity index (χ4n) is 3.75. The Morgan fingerprint density at radius 1 is 1.20 bits per heavy atom. The Kier molecular flexibility index (Phi) is 6.32. The van der Waals surface area contributed by atoms with Gasteiger partial charge >= 0.3 is 0 Å². The molecular formula is C20H18Cl4N4O2. The van der Waals surface area contributed by atoms with Crippen molar-refractivity contribution in [1.82, 2.24) is 20.4 Å². The van der Waals surface area contributed by atoms with Crippen LogP contribution in [0.4, 0.5) is 0 Å². The van der Waals surface area contributed by atoms with E-state index in [0.29, 0.717) is 32.9 Å². The van der Waals surface area contributed by atoms with Crippen LogP contribution < -0.4 is 10.6 Å².